The van der Waals surface area contributed by atoms with Crippen LogP contribution in [0.3, 0.4) is 0 Å². The number of aromatic nitrogens is 2. The number of halogens is 1. The Morgan fingerprint density at radius 3 is 2.56 bits per heavy atom. The number of hydrogen-bond donors (Lipinski definition) is 1. The third kappa shape index (κ3) is 3.80. The normalized spacial score (nSPS) is 16.8. The average Bonchev–Trinajstić information content (AvgIpc) is 3.52. The average molecular weight is 452 g/mol. The Hall–Kier alpha value is -3.43. The van der Waals surface area contributed by atoms with Gasteiger partial charge in [0.05, 0.1) is 33.9 Å². The van der Waals surface area contributed by atoms with E-state index in [1.807, 2.05) is 30.5 Å². The third-order valence-corrected chi connectivity index (χ3v) is 7.40. The molecule has 1 fully saturated rings. The van der Waals surface area contributed by atoms with Crippen molar-refractivity contribution in [2.24, 2.45) is 0 Å². The first-order valence-electron chi connectivity index (χ1n) is 10.4. The van der Waals surface area contributed by atoms with E-state index >= 15 is 0 Å². The molecule has 7 nitrogen and oxygen atoms in total. The van der Waals surface area contributed by atoms with Gasteiger partial charge < -0.3 is 0 Å². The molecule has 9 heteroatoms. The summed E-state index contributed by atoms with van der Waals surface area (Å²) in [6, 6.07) is 14.9. The fraction of sp³-hybridized carbons (Fsp3) is 0.174. The molecule has 1 saturated heterocycles. The lowest BCUT2D eigenvalue weighted by Gasteiger charge is -2.27. The van der Waals surface area contributed by atoms with Crippen molar-refractivity contribution in [1.29, 1.82) is 0 Å². The number of benzene rings is 2. The van der Waals surface area contributed by atoms with Gasteiger partial charge in [-0.1, -0.05) is 12.1 Å². The summed E-state index contributed by atoms with van der Waals surface area (Å²) in [5.41, 5.74) is 6.06. The monoisotopic (exact) mass is 451 g/mol. The lowest BCUT2D eigenvalue weighted by Crippen LogP contribution is -2.34. The van der Waals surface area contributed by atoms with Crippen molar-refractivity contribution >= 4 is 21.4 Å². The molecule has 1 aromatic heterocycles. The molecule has 0 bridgehead atoms. The van der Waals surface area contributed by atoms with Gasteiger partial charge in [0, 0.05) is 19.3 Å². The Bertz CT molecular complexity index is 1310. The maximum atomic E-state index is 13.7. The number of hydrogen-bond acceptors (Lipinski definition) is 5. The summed E-state index contributed by atoms with van der Waals surface area (Å²) in [4.78, 5) is 0.271. The molecule has 32 heavy (non-hydrogen) atoms. The Kier molecular flexibility index (Phi) is 5.28. The highest BCUT2D eigenvalue weighted by molar-refractivity contribution is 7.89. The van der Waals surface area contributed by atoms with Crippen molar-refractivity contribution in [1.82, 2.24) is 19.5 Å². The van der Waals surface area contributed by atoms with Crippen LogP contribution >= 0.6 is 0 Å². The molecule has 0 amide bonds. The highest BCUT2D eigenvalue weighted by Crippen LogP contribution is 2.27. The maximum Gasteiger partial charge on any atom is 0.243 e. The van der Waals surface area contributed by atoms with E-state index in [1.54, 1.807) is 46.2 Å². The molecule has 0 aliphatic carbocycles. The second-order valence-corrected chi connectivity index (χ2v) is 9.56. The Morgan fingerprint density at radius 2 is 1.75 bits per heavy atom. The summed E-state index contributed by atoms with van der Waals surface area (Å²) < 4.78 is 42.8. The highest BCUT2D eigenvalue weighted by atomic mass is 32.2. The molecule has 3 heterocycles. The van der Waals surface area contributed by atoms with Crippen LogP contribution in [0, 0.1) is 5.82 Å². The van der Waals surface area contributed by atoms with Crippen LogP contribution in [0.2, 0.25) is 0 Å². The predicted molar refractivity (Wildman–Crippen MR) is 121 cm³/mol. The maximum absolute atomic E-state index is 13.7. The summed E-state index contributed by atoms with van der Waals surface area (Å²) in [6.45, 7) is 1.12. The van der Waals surface area contributed by atoms with Gasteiger partial charge in [-0.2, -0.15) is 9.40 Å². The van der Waals surface area contributed by atoms with E-state index in [0.717, 1.165) is 24.2 Å². The standard InChI is InChI=1S/C23H22FN5O2S/c24-18-6-3-8-20(16-18)29-23(11-12-25-29)22-10-5-15-28(26-22)19-7-4-9-21(17-19)32(30,31)27-13-1-2-14-27/h3-12,15-17,26H,1-2,13-14H2. The second kappa shape index (κ2) is 8.25. The molecule has 2 aliphatic rings. The molecule has 2 aromatic carbocycles. The predicted octanol–water partition coefficient (Wildman–Crippen LogP) is 3.68. The van der Waals surface area contributed by atoms with Crippen molar-refractivity contribution in [2.75, 3.05) is 18.1 Å². The van der Waals surface area contributed by atoms with Crippen molar-refractivity contribution in [3.05, 3.63) is 90.7 Å². The first kappa shape index (κ1) is 20.5. The largest absolute Gasteiger partial charge is 0.292 e. The van der Waals surface area contributed by atoms with Crippen molar-refractivity contribution in [3.63, 3.8) is 0 Å². The Balaban J connectivity index is 1.42. The summed E-state index contributed by atoms with van der Waals surface area (Å²) in [6.07, 6.45) is 8.98. The van der Waals surface area contributed by atoms with Gasteiger partial charge in [0.2, 0.25) is 10.0 Å². The fourth-order valence-corrected chi connectivity index (χ4v) is 5.47. The summed E-state index contributed by atoms with van der Waals surface area (Å²) in [5.74, 6) is -0.341. The minimum atomic E-state index is -3.51. The molecular formula is C23H22FN5O2S. The third-order valence-electron chi connectivity index (χ3n) is 5.51. The summed E-state index contributed by atoms with van der Waals surface area (Å²) >= 11 is 0. The molecular weight excluding hydrogens is 429 g/mol. The van der Waals surface area contributed by atoms with E-state index in [2.05, 4.69) is 10.5 Å². The number of nitrogens with one attached hydrogen (secondary N) is 1. The Morgan fingerprint density at radius 1 is 0.969 bits per heavy atom. The molecule has 0 spiro atoms. The smallest absolute Gasteiger partial charge is 0.243 e. The van der Waals surface area contributed by atoms with E-state index in [4.69, 9.17) is 0 Å². The van der Waals surface area contributed by atoms with Gasteiger partial charge in [-0.15, -0.1) is 0 Å². The van der Waals surface area contributed by atoms with Gasteiger partial charge >= 0.3 is 0 Å². The lowest BCUT2D eigenvalue weighted by molar-refractivity contribution is 0.477. The molecule has 1 N–H and O–H groups in total. The van der Waals surface area contributed by atoms with Gasteiger partial charge in [-0.25, -0.2) is 17.5 Å². The minimum absolute atomic E-state index is 0.271. The van der Waals surface area contributed by atoms with Gasteiger partial charge in [0.1, 0.15) is 5.82 Å². The van der Waals surface area contributed by atoms with Crippen LogP contribution in [0.4, 0.5) is 10.1 Å². The van der Waals surface area contributed by atoms with Crippen LogP contribution in [0.15, 0.2) is 84.0 Å². The van der Waals surface area contributed by atoms with Gasteiger partial charge in [-0.3, -0.25) is 10.4 Å². The number of anilines is 1. The van der Waals surface area contributed by atoms with E-state index in [9.17, 15) is 12.8 Å². The molecule has 2 aliphatic heterocycles. The van der Waals surface area contributed by atoms with Crippen LogP contribution in [-0.4, -0.2) is 35.6 Å². The van der Waals surface area contributed by atoms with Crippen LogP contribution in [-0.2, 0) is 10.0 Å². The summed E-state index contributed by atoms with van der Waals surface area (Å²) in [5, 5.41) is 6.08. The van der Waals surface area contributed by atoms with E-state index < -0.39 is 10.0 Å². The van der Waals surface area contributed by atoms with Crippen molar-refractivity contribution < 1.29 is 12.8 Å². The Labute approximate surface area is 186 Å². The number of nitrogens with zero attached hydrogens (tertiary/aromatic N) is 4. The molecule has 5 rings (SSSR count). The quantitative estimate of drug-likeness (QED) is 0.641. The van der Waals surface area contributed by atoms with Gasteiger partial charge in [-0.05, 0) is 67.5 Å². The number of sulfonamides is 1. The van der Waals surface area contributed by atoms with Crippen LogP contribution in [0.5, 0.6) is 0 Å². The number of hydrazine groups is 1. The van der Waals surface area contributed by atoms with Gasteiger partial charge in [0.25, 0.3) is 0 Å². The topological polar surface area (TPSA) is 70.5 Å². The van der Waals surface area contributed by atoms with E-state index in [-0.39, 0.29) is 10.7 Å². The molecule has 164 valence electrons. The van der Waals surface area contributed by atoms with Crippen LogP contribution < -0.4 is 10.4 Å². The van der Waals surface area contributed by atoms with E-state index in [1.165, 1.54) is 16.4 Å². The van der Waals surface area contributed by atoms with Gasteiger partial charge in [0.15, 0.2) is 0 Å². The highest BCUT2D eigenvalue weighted by Gasteiger charge is 2.27. The minimum Gasteiger partial charge on any atom is -0.292 e. The van der Waals surface area contributed by atoms with Crippen LogP contribution in [0.25, 0.3) is 11.4 Å². The lowest BCUT2D eigenvalue weighted by atomic mass is 10.2. The molecule has 3 aromatic rings. The van der Waals surface area contributed by atoms with E-state index in [0.29, 0.717) is 24.5 Å². The zero-order valence-electron chi connectivity index (χ0n) is 17.2. The fourth-order valence-electron chi connectivity index (χ4n) is 3.92. The number of allylic oxidation sites excluding steroid dienone is 2. The second-order valence-electron chi connectivity index (χ2n) is 7.62. The SMILES string of the molecule is O=S(=O)(c1cccc(N2C=CC=C(c3ccnn3-c3cccc(F)c3)N2)c1)N1CCCC1. The molecule has 0 radical (unpaired) electrons. The number of rotatable bonds is 5. The molecule has 0 atom stereocenters. The van der Waals surface area contributed by atoms with Crippen molar-refractivity contribution in [3.8, 4) is 5.69 Å². The first-order valence-corrected chi connectivity index (χ1v) is 11.8. The zero-order valence-corrected chi connectivity index (χ0v) is 18.0. The molecule has 0 saturated carbocycles. The molecule has 0 unspecified atom stereocenters. The summed E-state index contributed by atoms with van der Waals surface area (Å²) in [7, 11) is -3.51. The first-order chi connectivity index (χ1) is 15.5. The van der Waals surface area contributed by atoms with Crippen LogP contribution in [0.1, 0.15) is 18.5 Å². The zero-order chi connectivity index (χ0) is 22.1. The van der Waals surface area contributed by atoms with Crippen molar-refractivity contribution in [2.45, 2.75) is 17.7 Å².